The number of rotatable bonds is 3. The molecule has 0 aromatic heterocycles. The van der Waals surface area contributed by atoms with Gasteiger partial charge in [-0.25, -0.2) is 4.39 Å². The second kappa shape index (κ2) is 6.34. The average molecular weight is 259 g/mol. The lowest BCUT2D eigenvalue weighted by Gasteiger charge is -2.17. The maximum absolute atomic E-state index is 13.1. The highest BCUT2D eigenvalue weighted by Crippen LogP contribution is 2.16. The first kappa shape index (κ1) is 14.4. The summed E-state index contributed by atoms with van der Waals surface area (Å²) < 4.78 is 13.1. The molecular weight excluding hydrogens is 239 g/mol. The third-order valence-electron chi connectivity index (χ3n) is 3.39. The Kier molecular flexibility index (Phi) is 5.37. The molecule has 1 atom stereocenters. The maximum Gasteiger partial charge on any atom is 0.123 e. The van der Waals surface area contributed by atoms with Gasteiger partial charge >= 0.3 is 0 Å². The Balaban J connectivity index is 0.00000144. The van der Waals surface area contributed by atoms with E-state index in [0.29, 0.717) is 6.04 Å². The van der Waals surface area contributed by atoms with E-state index >= 15 is 0 Å². The van der Waals surface area contributed by atoms with E-state index in [1.165, 1.54) is 18.1 Å². The average Bonchev–Trinajstić information content (AvgIpc) is 2.71. The van der Waals surface area contributed by atoms with Crippen molar-refractivity contribution in [3.05, 3.63) is 35.1 Å². The Morgan fingerprint density at radius 2 is 2.24 bits per heavy atom. The Labute approximate surface area is 109 Å². The van der Waals surface area contributed by atoms with Crippen LogP contribution in [0.3, 0.4) is 0 Å². The van der Waals surface area contributed by atoms with Crippen LogP contribution in [0.15, 0.2) is 18.2 Å². The summed E-state index contributed by atoms with van der Waals surface area (Å²) in [7, 11) is 2.00. The van der Waals surface area contributed by atoms with Gasteiger partial charge < -0.3 is 5.32 Å². The van der Waals surface area contributed by atoms with Crippen molar-refractivity contribution in [3.63, 3.8) is 0 Å². The number of likely N-dealkylation sites (N-methyl/N-ethyl adjacent to an activating group) is 1. The second-order valence-corrected chi connectivity index (χ2v) is 4.58. The van der Waals surface area contributed by atoms with Crippen LogP contribution in [0, 0.1) is 12.7 Å². The largest absolute Gasteiger partial charge is 0.316 e. The van der Waals surface area contributed by atoms with Crippen LogP contribution in [0.1, 0.15) is 17.5 Å². The van der Waals surface area contributed by atoms with E-state index < -0.39 is 0 Å². The van der Waals surface area contributed by atoms with E-state index in [2.05, 4.69) is 10.2 Å². The molecule has 0 amide bonds. The van der Waals surface area contributed by atoms with E-state index in [0.717, 1.165) is 25.2 Å². The van der Waals surface area contributed by atoms with Crippen molar-refractivity contribution < 1.29 is 4.39 Å². The molecule has 1 unspecified atom stereocenters. The molecule has 1 fully saturated rings. The maximum atomic E-state index is 13.1. The van der Waals surface area contributed by atoms with Crippen molar-refractivity contribution in [2.24, 2.45) is 0 Å². The van der Waals surface area contributed by atoms with E-state index in [1.807, 2.05) is 20.0 Å². The molecule has 0 radical (unpaired) electrons. The molecule has 1 aromatic rings. The van der Waals surface area contributed by atoms with Gasteiger partial charge in [-0.2, -0.15) is 0 Å². The van der Waals surface area contributed by atoms with E-state index in [4.69, 9.17) is 0 Å². The van der Waals surface area contributed by atoms with Crippen molar-refractivity contribution in [2.75, 3.05) is 20.1 Å². The molecule has 2 nitrogen and oxygen atoms in total. The lowest BCUT2D eigenvalue weighted by atomic mass is 10.1. The zero-order valence-corrected chi connectivity index (χ0v) is 11.2. The van der Waals surface area contributed by atoms with E-state index in [9.17, 15) is 4.39 Å². The Morgan fingerprint density at radius 1 is 1.47 bits per heavy atom. The third kappa shape index (κ3) is 3.66. The third-order valence-corrected chi connectivity index (χ3v) is 3.39. The minimum atomic E-state index is -0.134. The van der Waals surface area contributed by atoms with Crippen molar-refractivity contribution >= 4 is 12.4 Å². The van der Waals surface area contributed by atoms with Gasteiger partial charge in [0.15, 0.2) is 0 Å². The number of hydrogen-bond acceptors (Lipinski definition) is 2. The molecule has 1 aliphatic heterocycles. The van der Waals surface area contributed by atoms with Gasteiger partial charge in [-0.1, -0.05) is 6.07 Å². The van der Waals surface area contributed by atoms with Crippen molar-refractivity contribution in [1.29, 1.82) is 0 Å². The minimum Gasteiger partial charge on any atom is -0.316 e. The van der Waals surface area contributed by atoms with Gasteiger partial charge in [0.05, 0.1) is 0 Å². The number of nitrogens with one attached hydrogen (secondary N) is 1. The molecule has 17 heavy (non-hydrogen) atoms. The van der Waals surface area contributed by atoms with Gasteiger partial charge in [0.1, 0.15) is 5.82 Å². The van der Waals surface area contributed by atoms with Gasteiger partial charge in [0, 0.05) is 25.7 Å². The summed E-state index contributed by atoms with van der Waals surface area (Å²) >= 11 is 0. The molecule has 1 aliphatic rings. The fraction of sp³-hybridized carbons (Fsp3) is 0.538. The molecule has 4 heteroatoms. The quantitative estimate of drug-likeness (QED) is 0.895. The van der Waals surface area contributed by atoms with Crippen LogP contribution in [0.5, 0.6) is 0 Å². The first-order chi connectivity index (χ1) is 7.69. The number of nitrogens with zero attached hydrogens (tertiary/aromatic N) is 1. The highest BCUT2D eigenvalue weighted by atomic mass is 35.5. The summed E-state index contributed by atoms with van der Waals surface area (Å²) in [5, 5.41) is 3.29. The topological polar surface area (TPSA) is 15.3 Å². The molecule has 0 spiro atoms. The van der Waals surface area contributed by atoms with E-state index in [1.54, 1.807) is 6.07 Å². The fourth-order valence-corrected chi connectivity index (χ4v) is 2.26. The Bertz CT molecular complexity index is 370. The summed E-state index contributed by atoms with van der Waals surface area (Å²) in [6, 6.07) is 5.63. The van der Waals surface area contributed by atoms with Gasteiger partial charge in [-0.05, 0) is 43.7 Å². The predicted octanol–water partition coefficient (Wildman–Crippen LogP) is 2.35. The van der Waals surface area contributed by atoms with Crippen molar-refractivity contribution in [1.82, 2.24) is 10.2 Å². The van der Waals surface area contributed by atoms with Crippen molar-refractivity contribution in [3.8, 4) is 0 Å². The first-order valence-electron chi connectivity index (χ1n) is 5.83. The van der Waals surface area contributed by atoms with Crippen LogP contribution in [-0.4, -0.2) is 31.1 Å². The molecule has 0 bridgehead atoms. The zero-order valence-electron chi connectivity index (χ0n) is 10.4. The first-order valence-corrected chi connectivity index (χ1v) is 5.83. The smallest absolute Gasteiger partial charge is 0.123 e. The number of aryl methyl sites for hydroxylation is 1. The van der Waals surface area contributed by atoms with Crippen LogP contribution in [0.25, 0.3) is 0 Å². The molecule has 1 N–H and O–H groups in total. The monoisotopic (exact) mass is 258 g/mol. The number of hydrogen-bond donors (Lipinski definition) is 1. The highest BCUT2D eigenvalue weighted by Gasteiger charge is 2.21. The SMILES string of the molecule is CNC1CCN(Cc2cc(F)ccc2C)C1.Cl. The second-order valence-electron chi connectivity index (χ2n) is 4.58. The van der Waals surface area contributed by atoms with Gasteiger partial charge in [-0.3, -0.25) is 4.90 Å². The molecular formula is C13H20ClFN2. The van der Waals surface area contributed by atoms with Crippen LogP contribution < -0.4 is 5.32 Å². The van der Waals surface area contributed by atoms with E-state index in [-0.39, 0.29) is 18.2 Å². The summed E-state index contributed by atoms with van der Waals surface area (Å²) in [6.07, 6.45) is 1.19. The number of likely N-dealkylation sites (tertiary alicyclic amines) is 1. The molecule has 1 aromatic carbocycles. The van der Waals surface area contributed by atoms with Gasteiger partial charge in [-0.15, -0.1) is 12.4 Å². The summed E-state index contributed by atoms with van der Waals surface area (Å²) in [5.41, 5.74) is 2.28. The Hall–Kier alpha value is -0.640. The van der Waals surface area contributed by atoms with Crippen LogP contribution in [0.4, 0.5) is 4.39 Å². The minimum absolute atomic E-state index is 0. The molecule has 1 heterocycles. The summed E-state index contributed by atoms with van der Waals surface area (Å²) in [5.74, 6) is -0.134. The number of halogens is 2. The molecule has 96 valence electrons. The lowest BCUT2D eigenvalue weighted by Crippen LogP contribution is -2.29. The van der Waals surface area contributed by atoms with Gasteiger partial charge in [0.25, 0.3) is 0 Å². The van der Waals surface area contributed by atoms with Crippen molar-refractivity contribution in [2.45, 2.75) is 25.9 Å². The number of benzene rings is 1. The zero-order chi connectivity index (χ0) is 11.5. The highest BCUT2D eigenvalue weighted by molar-refractivity contribution is 5.85. The lowest BCUT2D eigenvalue weighted by molar-refractivity contribution is 0.321. The molecule has 1 saturated heterocycles. The summed E-state index contributed by atoms with van der Waals surface area (Å²) in [4.78, 5) is 2.38. The predicted molar refractivity (Wildman–Crippen MR) is 71.1 cm³/mol. The Morgan fingerprint density at radius 3 is 2.88 bits per heavy atom. The summed E-state index contributed by atoms with van der Waals surface area (Å²) in [6.45, 7) is 5.07. The standard InChI is InChI=1S/C13H19FN2.ClH/c1-10-3-4-12(14)7-11(10)8-16-6-5-13(9-16)15-2;/h3-4,7,13,15H,5-6,8-9H2,1-2H3;1H. The fourth-order valence-electron chi connectivity index (χ4n) is 2.26. The normalized spacial score (nSPS) is 20.3. The molecule has 0 aliphatic carbocycles. The van der Waals surface area contributed by atoms with Crippen LogP contribution in [-0.2, 0) is 6.54 Å². The molecule has 2 rings (SSSR count). The van der Waals surface area contributed by atoms with Gasteiger partial charge in [0.2, 0.25) is 0 Å². The van der Waals surface area contributed by atoms with Crippen LogP contribution in [0.2, 0.25) is 0 Å². The molecule has 0 saturated carbocycles. The van der Waals surface area contributed by atoms with Crippen LogP contribution >= 0.6 is 12.4 Å².